The molecule has 1 aliphatic heterocycles. The molecule has 1 unspecified atom stereocenters. The van der Waals surface area contributed by atoms with Gasteiger partial charge < -0.3 is 15.5 Å². The lowest BCUT2D eigenvalue weighted by atomic mass is 10.2. The number of para-hydroxylation sites is 1. The molecule has 0 aliphatic carbocycles. The van der Waals surface area contributed by atoms with Crippen molar-refractivity contribution in [2.45, 2.75) is 32.4 Å². The maximum atomic E-state index is 14.0. The Morgan fingerprint density at radius 1 is 1.30 bits per heavy atom. The van der Waals surface area contributed by atoms with Crippen molar-refractivity contribution in [1.82, 2.24) is 20.4 Å². The standard InChI is InChI=1S/C19H26F2N6/c1-2-22-19(23-9-4-11-27-12-5-10-24-27)25-15-8-13-26(14-15)18-16(20)6-3-7-17(18)21/h3,5-7,10,12,15H,2,4,8-9,11,13-14H2,1H3,(H2,22,23,25). The molecule has 8 heteroatoms. The zero-order valence-corrected chi connectivity index (χ0v) is 15.5. The molecule has 1 saturated heterocycles. The highest BCUT2D eigenvalue weighted by Crippen LogP contribution is 2.26. The Balaban J connectivity index is 1.53. The van der Waals surface area contributed by atoms with E-state index < -0.39 is 11.6 Å². The number of benzene rings is 1. The summed E-state index contributed by atoms with van der Waals surface area (Å²) < 4.78 is 29.9. The number of rotatable bonds is 7. The van der Waals surface area contributed by atoms with E-state index in [1.54, 1.807) is 11.1 Å². The summed E-state index contributed by atoms with van der Waals surface area (Å²) in [7, 11) is 0. The monoisotopic (exact) mass is 376 g/mol. The molecule has 0 spiro atoms. The van der Waals surface area contributed by atoms with Crippen LogP contribution < -0.4 is 15.5 Å². The van der Waals surface area contributed by atoms with Crippen molar-refractivity contribution in [3.8, 4) is 0 Å². The van der Waals surface area contributed by atoms with E-state index in [4.69, 9.17) is 0 Å². The van der Waals surface area contributed by atoms with E-state index in [0.717, 1.165) is 31.9 Å². The molecule has 1 fully saturated rings. The van der Waals surface area contributed by atoms with Gasteiger partial charge in [-0.3, -0.25) is 9.67 Å². The molecule has 1 aromatic carbocycles. The van der Waals surface area contributed by atoms with Crippen LogP contribution in [0.3, 0.4) is 0 Å². The maximum absolute atomic E-state index is 14.0. The van der Waals surface area contributed by atoms with Crippen molar-refractivity contribution in [1.29, 1.82) is 0 Å². The molecule has 146 valence electrons. The van der Waals surface area contributed by atoms with Crippen LogP contribution in [0.25, 0.3) is 0 Å². The van der Waals surface area contributed by atoms with Gasteiger partial charge in [-0.2, -0.15) is 5.10 Å². The Morgan fingerprint density at radius 2 is 2.11 bits per heavy atom. The second kappa shape index (κ2) is 9.34. The molecule has 1 atom stereocenters. The van der Waals surface area contributed by atoms with Crippen molar-refractivity contribution in [3.63, 3.8) is 0 Å². The van der Waals surface area contributed by atoms with Crippen LogP contribution in [-0.4, -0.2) is 48.0 Å². The van der Waals surface area contributed by atoms with Gasteiger partial charge in [-0.05, 0) is 38.0 Å². The molecule has 0 amide bonds. The molecule has 27 heavy (non-hydrogen) atoms. The minimum Gasteiger partial charge on any atom is -0.365 e. The van der Waals surface area contributed by atoms with Crippen LogP contribution in [0, 0.1) is 11.6 Å². The van der Waals surface area contributed by atoms with Gasteiger partial charge in [0.05, 0.1) is 0 Å². The smallest absolute Gasteiger partial charge is 0.191 e. The van der Waals surface area contributed by atoms with Gasteiger partial charge in [0.1, 0.15) is 17.3 Å². The van der Waals surface area contributed by atoms with Crippen LogP contribution in [0.15, 0.2) is 41.7 Å². The average molecular weight is 376 g/mol. The number of aliphatic imine (C=N–C) groups is 1. The van der Waals surface area contributed by atoms with E-state index in [2.05, 4.69) is 20.7 Å². The van der Waals surface area contributed by atoms with E-state index in [0.29, 0.717) is 19.6 Å². The number of aryl methyl sites for hydroxylation is 1. The number of halogens is 2. The SMILES string of the molecule is CCNC(=NCCCn1cccn1)NC1CCN(c2c(F)cccc2F)C1. The highest BCUT2D eigenvalue weighted by atomic mass is 19.1. The molecule has 1 aromatic heterocycles. The fourth-order valence-corrected chi connectivity index (χ4v) is 3.24. The molecule has 0 bridgehead atoms. The van der Waals surface area contributed by atoms with Gasteiger partial charge in [-0.15, -0.1) is 0 Å². The van der Waals surface area contributed by atoms with E-state index in [-0.39, 0.29) is 11.7 Å². The molecule has 2 heterocycles. The van der Waals surface area contributed by atoms with Gasteiger partial charge in [0.2, 0.25) is 0 Å². The van der Waals surface area contributed by atoms with Crippen molar-refractivity contribution < 1.29 is 8.78 Å². The molecule has 2 N–H and O–H groups in total. The third kappa shape index (κ3) is 5.18. The summed E-state index contributed by atoms with van der Waals surface area (Å²) in [6.07, 6.45) is 5.38. The van der Waals surface area contributed by atoms with Crippen LogP contribution in [0.1, 0.15) is 19.8 Å². The van der Waals surface area contributed by atoms with Crippen LogP contribution in [0.2, 0.25) is 0 Å². The van der Waals surface area contributed by atoms with Crippen molar-refractivity contribution in [2.24, 2.45) is 4.99 Å². The first-order valence-corrected chi connectivity index (χ1v) is 9.38. The lowest BCUT2D eigenvalue weighted by molar-refractivity contribution is 0.575. The maximum Gasteiger partial charge on any atom is 0.191 e. The topological polar surface area (TPSA) is 57.5 Å². The summed E-state index contributed by atoms with van der Waals surface area (Å²) in [4.78, 5) is 6.35. The van der Waals surface area contributed by atoms with Crippen molar-refractivity contribution in [3.05, 3.63) is 48.3 Å². The number of hydrogen-bond donors (Lipinski definition) is 2. The summed E-state index contributed by atoms with van der Waals surface area (Å²) in [6, 6.07) is 5.97. The summed E-state index contributed by atoms with van der Waals surface area (Å²) in [6.45, 7) is 5.40. The number of nitrogens with zero attached hydrogens (tertiary/aromatic N) is 4. The Kier molecular flexibility index (Phi) is 6.62. The minimum atomic E-state index is -0.519. The average Bonchev–Trinajstić information content (AvgIpc) is 3.31. The van der Waals surface area contributed by atoms with Gasteiger partial charge in [-0.1, -0.05) is 6.07 Å². The summed E-state index contributed by atoms with van der Waals surface area (Å²) in [5.41, 5.74) is 0.0583. The Labute approximate surface area is 158 Å². The first kappa shape index (κ1) is 19.1. The highest BCUT2D eigenvalue weighted by Gasteiger charge is 2.27. The van der Waals surface area contributed by atoms with E-state index in [1.807, 2.05) is 23.9 Å². The van der Waals surface area contributed by atoms with Crippen LogP contribution >= 0.6 is 0 Å². The first-order valence-electron chi connectivity index (χ1n) is 9.38. The normalized spacial score (nSPS) is 17.4. The van der Waals surface area contributed by atoms with Crippen LogP contribution in [0.4, 0.5) is 14.5 Å². The van der Waals surface area contributed by atoms with Gasteiger partial charge in [0.25, 0.3) is 0 Å². The molecule has 6 nitrogen and oxygen atoms in total. The molecule has 0 saturated carbocycles. The van der Waals surface area contributed by atoms with E-state index >= 15 is 0 Å². The van der Waals surface area contributed by atoms with Gasteiger partial charge in [0, 0.05) is 51.2 Å². The van der Waals surface area contributed by atoms with Crippen LogP contribution in [0.5, 0.6) is 0 Å². The molecule has 1 aliphatic rings. The summed E-state index contributed by atoms with van der Waals surface area (Å²) >= 11 is 0. The predicted molar refractivity (Wildman–Crippen MR) is 103 cm³/mol. The third-order valence-electron chi connectivity index (χ3n) is 4.50. The molecule has 2 aromatic rings. The Bertz CT molecular complexity index is 726. The number of aromatic nitrogens is 2. The molecular formula is C19H26F2N6. The molecular weight excluding hydrogens is 350 g/mol. The fourth-order valence-electron chi connectivity index (χ4n) is 3.24. The molecule has 3 rings (SSSR count). The van der Waals surface area contributed by atoms with E-state index in [9.17, 15) is 8.78 Å². The first-order chi connectivity index (χ1) is 13.2. The van der Waals surface area contributed by atoms with Gasteiger partial charge in [0.15, 0.2) is 5.96 Å². The summed E-state index contributed by atoms with van der Waals surface area (Å²) in [5, 5.41) is 10.8. The zero-order valence-electron chi connectivity index (χ0n) is 15.5. The van der Waals surface area contributed by atoms with E-state index in [1.165, 1.54) is 18.2 Å². The zero-order chi connectivity index (χ0) is 19.1. The number of nitrogens with one attached hydrogen (secondary N) is 2. The number of hydrogen-bond acceptors (Lipinski definition) is 3. The Hall–Kier alpha value is -2.64. The van der Waals surface area contributed by atoms with Crippen LogP contribution in [-0.2, 0) is 6.54 Å². The predicted octanol–water partition coefficient (Wildman–Crippen LogP) is 2.39. The fraction of sp³-hybridized carbons (Fsp3) is 0.474. The second-order valence-corrected chi connectivity index (χ2v) is 6.53. The summed E-state index contributed by atoms with van der Waals surface area (Å²) in [5.74, 6) is -0.302. The lowest BCUT2D eigenvalue weighted by Gasteiger charge is -2.21. The second-order valence-electron chi connectivity index (χ2n) is 6.53. The van der Waals surface area contributed by atoms with Gasteiger partial charge in [-0.25, -0.2) is 8.78 Å². The minimum absolute atomic E-state index is 0.0583. The lowest BCUT2D eigenvalue weighted by Crippen LogP contribution is -2.44. The largest absolute Gasteiger partial charge is 0.365 e. The Morgan fingerprint density at radius 3 is 2.81 bits per heavy atom. The van der Waals surface area contributed by atoms with Crippen molar-refractivity contribution in [2.75, 3.05) is 31.1 Å². The molecule has 0 radical (unpaired) electrons. The quantitative estimate of drug-likeness (QED) is 0.443. The number of anilines is 1. The number of guanidine groups is 1. The third-order valence-corrected chi connectivity index (χ3v) is 4.50. The van der Waals surface area contributed by atoms with Gasteiger partial charge >= 0.3 is 0 Å². The highest BCUT2D eigenvalue weighted by molar-refractivity contribution is 5.80. The van der Waals surface area contributed by atoms with Crippen molar-refractivity contribution >= 4 is 11.6 Å².